The quantitative estimate of drug-likeness (QED) is 0.662. The minimum atomic E-state index is -3.80. The smallest absolute Gasteiger partial charge is 0.325 e. The lowest BCUT2D eigenvalue weighted by molar-refractivity contribution is -0.141. The summed E-state index contributed by atoms with van der Waals surface area (Å²) < 4.78 is 35.9. The molecule has 0 radical (unpaired) electrons. The maximum Gasteiger partial charge on any atom is 0.325 e. The number of thiazole rings is 1. The second kappa shape index (κ2) is 6.26. The van der Waals surface area contributed by atoms with Crippen molar-refractivity contribution in [1.82, 2.24) is 4.57 Å². The van der Waals surface area contributed by atoms with E-state index in [4.69, 9.17) is 0 Å². The number of esters is 1. The summed E-state index contributed by atoms with van der Waals surface area (Å²) in [7, 11) is -2.51. The van der Waals surface area contributed by atoms with E-state index in [1.54, 1.807) is 16.0 Å². The number of carbonyl (C=O) groups excluding carboxylic acids is 1. The lowest BCUT2D eigenvalue weighted by Gasteiger charge is -2.03. The SMILES string of the molecule is COC(=O)Cn1c(=NS(=O)(=O)c2cccs2)sc2ccccc21. The Bertz CT molecular complexity index is 1010. The minimum Gasteiger partial charge on any atom is -0.468 e. The molecular formula is C14H12N2O4S3. The average molecular weight is 368 g/mol. The molecule has 1 aromatic carbocycles. The van der Waals surface area contributed by atoms with Crippen molar-refractivity contribution < 1.29 is 17.9 Å². The van der Waals surface area contributed by atoms with E-state index in [0.717, 1.165) is 21.6 Å². The molecule has 0 N–H and O–H groups in total. The van der Waals surface area contributed by atoms with Crippen molar-refractivity contribution in [3.63, 3.8) is 0 Å². The number of benzene rings is 1. The van der Waals surface area contributed by atoms with Crippen LogP contribution in [0.15, 0.2) is 50.4 Å². The topological polar surface area (TPSA) is 77.7 Å². The van der Waals surface area contributed by atoms with Crippen molar-refractivity contribution in [2.24, 2.45) is 4.40 Å². The maximum atomic E-state index is 12.4. The number of ether oxygens (including phenoxy) is 1. The highest BCUT2D eigenvalue weighted by molar-refractivity contribution is 7.92. The predicted molar refractivity (Wildman–Crippen MR) is 88.9 cm³/mol. The Morgan fingerprint density at radius 1 is 1.26 bits per heavy atom. The van der Waals surface area contributed by atoms with E-state index in [2.05, 4.69) is 9.13 Å². The van der Waals surface area contributed by atoms with Crippen molar-refractivity contribution >= 4 is 48.9 Å². The van der Waals surface area contributed by atoms with Crippen LogP contribution >= 0.6 is 22.7 Å². The van der Waals surface area contributed by atoms with Gasteiger partial charge in [0.15, 0.2) is 0 Å². The van der Waals surface area contributed by atoms with Gasteiger partial charge in [-0.3, -0.25) is 4.79 Å². The van der Waals surface area contributed by atoms with Crippen LogP contribution in [-0.2, 0) is 26.1 Å². The fraction of sp³-hybridized carbons (Fsp3) is 0.143. The van der Waals surface area contributed by atoms with Gasteiger partial charge < -0.3 is 9.30 Å². The van der Waals surface area contributed by atoms with Crippen molar-refractivity contribution in [3.8, 4) is 0 Å². The number of fused-ring (bicyclic) bond motifs is 1. The monoisotopic (exact) mass is 368 g/mol. The molecule has 23 heavy (non-hydrogen) atoms. The number of sulfonamides is 1. The van der Waals surface area contributed by atoms with Gasteiger partial charge in [-0.2, -0.15) is 8.42 Å². The first-order valence-corrected chi connectivity index (χ1v) is 9.64. The molecule has 0 aliphatic carbocycles. The highest BCUT2D eigenvalue weighted by Gasteiger charge is 2.16. The van der Waals surface area contributed by atoms with E-state index >= 15 is 0 Å². The largest absolute Gasteiger partial charge is 0.468 e. The molecule has 0 amide bonds. The van der Waals surface area contributed by atoms with Crippen LogP contribution in [0.1, 0.15) is 0 Å². The first-order chi connectivity index (χ1) is 11.0. The maximum absolute atomic E-state index is 12.4. The second-order valence-corrected chi connectivity index (χ2v) is 8.30. The van der Waals surface area contributed by atoms with Crippen molar-refractivity contribution in [2.45, 2.75) is 10.8 Å². The number of carbonyl (C=O) groups is 1. The zero-order valence-corrected chi connectivity index (χ0v) is 14.5. The molecule has 0 unspecified atom stereocenters. The van der Waals surface area contributed by atoms with E-state index in [1.165, 1.54) is 24.5 Å². The average Bonchev–Trinajstić information content (AvgIpc) is 3.16. The molecule has 0 spiro atoms. The van der Waals surface area contributed by atoms with Crippen molar-refractivity contribution in [3.05, 3.63) is 46.6 Å². The molecule has 6 nitrogen and oxygen atoms in total. The summed E-state index contributed by atoms with van der Waals surface area (Å²) in [6.45, 7) is -0.0979. The molecule has 0 aliphatic rings. The lowest BCUT2D eigenvalue weighted by Crippen LogP contribution is -2.22. The lowest BCUT2D eigenvalue weighted by atomic mass is 10.3. The first-order valence-electron chi connectivity index (χ1n) is 6.51. The van der Waals surface area contributed by atoms with E-state index < -0.39 is 16.0 Å². The number of nitrogens with zero attached hydrogens (tertiary/aromatic N) is 2. The van der Waals surface area contributed by atoms with Crippen LogP contribution < -0.4 is 4.80 Å². The molecule has 2 aromatic heterocycles. The molecule has 2 heterocycles. The third-order valence-electron chi connectivity index (χ3n) is 3.05. The zero-order valence-electron chi connectivity index (χ0n) is 12.0. The standard InChI is InChI=1S/C14H12N2O4S3/c1-20-12(17)9-16-10-5-2-3-6-11(10)22-14(16)15-23(18,19)13-7-4-8-21-13/h2-8H,9H2,1H3. The van der Waals surface area contributed by atoms with Crippen LogP contribution in [0, 0.1) is 0 Å². The summed E-state index contributed by atoms with van der Waals surface area (Å²) in [6, 6.07) is 10.5. The molecule has 0 atom stereocenters. The summed E-state index contributed by atoms with van der Waals surface area (Å²) in [5.41, 5.74) is 0.739. The number of rotatable bonds is 4. The van der Waals surface area contributed by atoms with Crippen LogP contribution in [-0.4, -0.2) is 26.1 Å². The Balaban J connectivity index is 2.22. The van der Waals surface area contributed by atoms with Crippen LogP contribution in [0.25, 0.3) is 10.2 Å². The van der Waals surface area contributed by atoms with Gasteiger partial charge in [-0.1, -0.05) is 29.5 Å². The van der Waals surface area contributed by atoms with Crippen molar-refractivity contribution in [2.75, 3.05) is 7.11 Å². The van der Waals surface area contributed by atoms with Gasteiger partial charge in [-0.15, -0.1) is 15.7 Å². The molecule has 120 valence electrons. The Hall–Kier alpha value is -1.97. The van der Waals surface area contributed by atoms with Gasteiger partial charge in [-0.05, 0) is 23.6 Å². The van der Waals surface area contributed by atoms with Gasteiger partial charge >= 0.3 is 5.97 Å². The molecule has 3 rings (SSSR count). The second-order valence-electron chi connectivity index (χ2n) is 4.51. The normalized spacial score (nSPS) is 12.7. The summed E-state index contributed by atoms with van der Waals surface area (Å²) in [5.74, 6) is -0.469. The number of para-hydroxylation sites is 1. The van der Waals surface area contributed by atoms with Gasteiger partial charge in [0, 0.05) is 0 Å². The zero-order chi connectivity index (χ0) is 16.4. The summed E-state index contributed by atoms with van der Waals surface area (Å²) in [5, 5.41) is 1.68. The third kappa shape index (κ3) is 3.21. The summed E-state index contributed by atoms with van der Waals surface area (Å²) in [4.78, 5) is 11.9. The van der Waals surface area contributed by atoms with Gasteiger partial charge in [0.2, 0.25) is 4.80 Å². The highest BCUT2D eigenvalue weighted by Crippen LogP contribution is 2.20. The Labute approximate surface area is 140 Å². The molecule has 0 saturated carbocycles. The van der Waals surface area contributed by atoms with Crippen LogP contribution in [0.3, 0.4) is 0 Å². The summed E-state index contributed by atoms with van der Waals surface area (Å²) in [6.07, 6.45) is 0. The third-order valence-corrected chi connectivity index (χ3v) is 6.87. The van der Waals surface area contributed by atoms with E-state index in [1.807, 2.05) is 24.3 Å². The van der Waals surface area contributed by atoms with E-state index in [9.17, 15) is 13.2 Å². The first kappa shape index (κ1) is 15.9. The Kier molecular flexibility index (Phi) is 4.33. The van der Waals surface area contributed by atoms with Gasteiger partial charge in [0.25, 0.3) is 10.0 Å². The number of hydrogen-bond acceptors (Lipinski definition) is 6. The highest BCUT2D eigenvalue weighted by atomic mass is 32.2. The number of methoxy groups -OCH3 is 1. The van der Waals surface area contributed by atoms with E-state index in [-0.39, 0.29) is 15.6 Å². The minimum absolute atomic E-state index is 0.0979. The van der Waals surface area contributed by atoms with Gasteiger partial charge in [0.05, 0.1) is 17.3 Å². The Morgan fingerprint density at radius 3 is 2.74 bits per heavy atom. The Morgan fingerprint density at radius 2 is 2.04 bits per heavy atom. The molecule has 0 fully saturated rings. The van der Waals surface area contributed by atoms with Crippen molar-refractivity contribution in [1.29, 1.82) is 0 Å². The molecule has 0 saturated heterocycles. The van der Waals surface area contributed by atoms with Crippen LogP contribution in [0.2, 0.25) is 0 Å². The van der Waals surface area contributed by atoms with E-state index in [0.29, 0.717) is 0 Å². The van der Waals surface area contributed by atoms with Gasteiger partial charge in [0.1, 0.15) is 10.8 Å². The number of hydrogen-bond donors (Lipinski definition) is 0. The molecule has 0 bridgehead atoms. The number of thiophene rings is 1. The fourth-order valence-corrected chi connectivity index (χ4v) is 5.20. The molecular weight excluding hydrogens is 356 g/mol. The molecule has 3 aromatic rings. The predicted octanol–water partition coefficient (Wildman–Crippen LogP) is 2.23. The molecule has 0 aliphatic heterocycles. The van der Waals surface area contributed by atoms with Crippen LogP contribution in [0.5, 0.6) is 0 Å². The van der Waals surface area contributed by atoms with Crippen LogP contribution in [0.4, 0.5) is 0 Å². The molecule has 9 heteroatoms. The van der Waals surface area contributed by atoms with Gasteiger partial charge in [-0.25, -0.2) is 0 Å². The fourth-order valence-electron chi connectivity index (χ4n) is 2.00. The number of aromatic nitrogens is 1. The summed E-state index contributed by atoms with van der Waals surface area (Å²) >= 11 is 2.32.